The van der Waals surface area contributed by atoms with E-state index in [2.05, 4.69) is 5.32 Å². The van der Waals surface area contributed by atoms with Crippen molar-refractivity contribution < 1.29 is 28.5 Å². The van der Waals surface area contributed by atoms with Gasteiger partial charge in [-0.3, -0.25) is 14.3 Å². The molecule has 9 nitrogen and oxygen atoms in total. The number of ether oxygens (including phenoxy) is 3. The van der Waals surface area contributed by atoms with Gasteiger partial charge in [-0.15, -0.1) is 0 Å². The fraction of sp³-hybridized carbons (Fsp3) is 0.357. The lowest BCUT2D eigenvalue weighted by Gasteiger charge is -2.29. The van der Waals surface area contributed by atoms with Crippen molar-refractivity contribution in [2.24, 2.45) is 7.05 Å². The van der Waals surface area contributed by atoms with E-state index in [0.29, 0.717) is 12.0 Å². The molecule has 2 N–H and O–H groups in total. The van der Waals surface area contributed by atoms with E-state index in [1.807, 2.05) is 44.3 Å². The Balaban J connectivity index is 1.59. The molecule has 38 heavy (non-hydrogen) atoms. The van der Waals surface area contributed by atoms with Crippen molar-refractivity contribution in [1.82, 2.24) is 14.7 Å². The highest BCUT2D eigenvalue weighted by Crippen LogP contribution is 2.32. The lowest BCUT2D eigenvalue weighted by Crippen LogP contribution is -2.34. The summed E-state index contributed by atoms with van der Waals surface area (Å²) in [5, 5.41) is 11.7. The van der Waals surface area contributed by atoms with Crippen LogP contribution in [0.2, 0.25) is 0 Å². The Labute approximate surface area is 220 Å². The molecule has 0 bridgehead atoms. The van der Waals surface area contributed by atoms with Crippen LogP contribution in [0.1, 0.15) is 29.2 Å². The highest BCUT2D eigenvalue weighted by molar-refractivity contribution is 5.91. The summed E-state index contributed by atoms with van der Waals surface area (Å²) in [6.45, 7) is 2.57. The molecule has 2 aromatic carbocycles. The van der Waals surface area contributed by atoms with E-state index in [0.717, 1.165) is 16.9 Å². The number of nitrogens with zero attached hydrogens (tertiary/aromatic N) is 2. The molecule has 10 heteroatoms. The van der Waals surface area contributed by atoms with E-state index >= 15 is 0 Å². The molecule has 1 aliphatic heterocycles. The Hall–Kier alpha value is -3.73. The summed E-state index contributed by atoms with van der Waals surface area (Å²) in [5.41, 5.74) is 2.59. The molecule has 2 unspecified atom stereocenters. The molecular formula is C28H32FN3O6. The van der Waals surface area contributed by atoms with Crippen molar-refractivity contribution in [3.05, 3.63) is 99.4 Å². The van der Waals surface area contributed by atoms with Crippen molar-refractivity contribution in [1.29, 1.82) is 0 Å². The summed E-state index contributed by atoms with van der Waals surface area (Å²) in [6.07, 6.45) is 1.18. The lowest BCUT2D eigenvalue weighted by molar-refractivity contribution is -0.151. The number of aliphatic hydroxyl groups excluding tert-OH is 1. The third kappa shape index (κ3) is 6.39. The van der Waals surface area contributed by atoms with Crippen LogP contribution in [0, 0.1) is 12.7 Å². The summed E-state index contributed by atoms with van der Waals surface area (Å²) in [5.74, 6) is -1.23. The van der Waals surface area contributed by atoms with Crippen molar-refractivity contribution in [2.45, 2.75) is 32.1 Å². The summed E-state index contributed by atoms with van der Waals surface area (Å²) >= 11 is 0. The molecule has 3 aromatic rings. The fourth-order valence-corrected chi connectivity index (χ4v) is 4.41. The van der Waals surface area contributed by atoms with Crippen molar-refractivity contribution in [3.63, 3.8) is 0 Å². The van der Waals surface area contributed by atoms with Crippen LogP contribution < -0.4 is 10.9 Å². The molecule has 2 heterocycles. The molecule has 1 aromatic heterocycles. The van der Waals surface area contributed by atoms with Gasteiger partial charge in [-0.2, -0.15) is 0 Å². The highest BCUT2D eigenvalue weighted by Gasteiger charge is 2.33. The van der Waals surface area contributed by atoms with E-state index in [4.69, 9.17) is 19.3 Å². The molecule has 0 aliphatic carbocycles. The first kappa shape index (κ1) is 27.3. The number of nitrogens with one attached hydrogen (secondary N) is 1. The van der Waals surface area contributed by atoms with E-state index < -0.39 is 18.1 Å². The minimum Gasteiger partial charge on any atom is -0.459 e. The van der Waals surface area contributed by atoms with Crippen LogP contribution in [0.25, 0.3) is 5.69 Å². The Morgan fingerprint density at radius 2 is 1.87 bits per heavy atom. The van der Waals surface area contributed by atoms with Gasteiger partial charge in [-0.05, 0) is 42.8 Å². The standard InChI is InChI=1S/C28H32FN3O6/c1-19-26(28(35)32(31(19)2)23-6-4-3-5-7-23)21-16-24(38-25(17-21)37-15-14-36-13-12-33)27(34)30-18-20-8-10-22(29)11-9-20/h3-11,16,21,25,33H,12-15,17-18H2,1-2H3,(H,30,34). The van der Waals surface area contributed by atoms with Gasteiger partial charge in [0.25, 0.3) is 11.5 Å². The number of para-hydroxylation sites is 1. The lowest BCUT2D eigenvalue weighted by atomic mass is 9.93. The zero-order chi connectivity index (χ0) is 27.1. The van der Waals surface area contributed by atoms with Gasteiger partial charge in [0.2, 0.25) is 6.29 Å². The Morgan fingerprint density at radius 1 is 1.13 bits per heavy atom. The number of aromatic nitrogens is 2. The predicted molar refractivity (Wildman–Crippen MR) is 138 cm³/mol. The van der Waals surface area contributed by atoms with Crippen molar-refractivity contribution >= 4 is 5.91 Å². The highest BCUT2D eigenvalue weighted by atomic mass is 19.1. The maximum absolute atomic E-state index is 13.6. The Bertz CT molecular complexity index is 1320. The molecular weight excluding hydrogens is 493 g/mol. The summed E-state index contributed by atoms with van der Waals surface area (Å²) in [7, 11) is 1.82. The molecule has 202 valence electrons. The zero-order valence-corrected chi connectivity index (χ0v) is 21.4. The van der Waals surface area contributed by atoms with E-state index in [-0.39, 0.29) is 50.1 Å². The van der Waals surface area contributed by atoms with Gasteiger partial charge in [-0.25, -0.2) is 9.07 Å². The first-order valence-corrected chi connectivity index (χ1v) is 12.4. The molecule has 2 atom stereocenters. The second kappa shape index (κ2) is 12.7. The smallest absolute Gasteiger partial charge is 0.286 e. The molecule has 0 saturated heterocycles. The molecule has 0 radical (unpaired) electrons. The second-order valence-electron chi connectivity index (χ2n) is 8.91. The van der Waals surface area contributed by atoms with Crippen LogP contribution in [0.15, 0.2) is 71.2 Å². The summed E-state index contributed by atoms with van der Waals surface area (Å²) < 4.78 is 33.6. The molecule has 0 spiro atoms. The average Bonchev–Trinajstić information content (AvgIpc) is 3.15. The quantitative estimate of drug-likeness (QED) is 0.373. The van der Waals surface area contributed by atoms with Gasteiger partial charge in [0.15, 0.2) is 5.76 Å². The molecule has 4 rings (SSSR count). The van der Waals surface area contributed by atoms with E-state index in [9.17, 15) is 14.0 Å². The number of allylic oxidation sites excluding steroid dienone is 1. The number of aliphatic hydroxyl groups is 1. The normalized spacial score (nSPS) is 17.1. The van der Waals surface area contributed by atoms with Crippen LogP contribution >= 0.6 is 0 Å². The maximum Gasteiger partial charge on any atom is 0.286 e. The van der Waals surface area contributed by atoms with Crippen molar-refractivity contribution in [3.8, 4) is 5.69 Å². The van der Waals surface area contributed by atoms with Gasteiger partial charge in [-0.1, -0.05) is 30.3 Å². The van der Waals surface area contributed by atoms with Gasteiger partial charge in [0.1, 0.15) is 5.82 Å². The van der Waals surface area contributed by atoms with Crippen molar-refractivity contribution in [2.75, 3.05) is 26.4 Å². The van der Waals surface area contributed by atoms with Crippen LogP contribution in [-0.4, -0.2) is 53.1 Å². The third-order valence-electron chi connectivity index (χ3n) is 6.38. The molecule has 0 fully saturated rings. The third-order valence-corrected chi connectivity index (χ3v) is 6.38. The summed E-state index contributed by atoms with van der Waals surface area (Å²) in [6, 6.07) is 15.2. The average molecular weight is 526 g/mol. The number of hydrogen-bond acceptors (Lipinski definition) is 6. The van der Waals surface area contributed by atoms with Crippen LogP contribution in [-0.2, 0) is 32.6 Å². The largest absolute Gasteiger partial charge is 0.459 e. The number of carbonyl (C=O) groups is 1. The molecule has 0 saturated carbocycles. The Morgan fingerprint density at radius 3 is 2.58 bits per heavy atom. The first-order chi connectivity index (χ1) is 18.4. The number of benzene rings is 2. The van der Waals surface area contributed by atoms with Crippen LogP contribution in [0.4, 0.5) is 4.39 Å². The van der Waals surface area contributed by atoms with Gasteiger partial charge < -0.3 is 24.6 Å². The number of amides is 1. The van der Waals surface area contributed by atoms with E-state index in [1.54, 1.807) is 27.6 Å². The number of carbonyl (C=O) groups excluding carboxylic acids is 1. The number of rotatable bonds is 11. The zero-order valence-electron chi connectivity index (χ0n) is 21.4. The summed E-state index contributed by atoms with van der Waals surface area (Å²) in [4.78, 5) is 26.7. The minimum absolute atomic E-state index is 0.0403. The minimum atomic E-state index is -0.793. The first-order valence-electron chi connectivity index (χ1n) is 12.4. The van der Waals surface area contributed by atoms with Gasteiger partial charge in [0, 0.05) is 37.2 Å². The number of halogens is 1. The van der Waals surface area contributed by atoms with Crippen LogP contribution in [0.5, 0.6) is 0 Å². The fourth-order valence-electron chi connectivity index (χ4n) is 4.41. The SMILES string of the molecule is Cc1c(C2C=C(C(=O)NCc3ccc(F)cc3)OC(OCCOCCO)C2)c(=O)n(-c2ccccc2)n1C. The van der Waals surface area contributed by atoms with E-state index in [1.165, 1.54) is 12.1 Å². The number of hydrogen-bond donors (Lipinski definition) is 2. The predicted octanol–water partition coefficient (Wildman–Crippen LogP) is 2.68. The van der Waals surface area contributed by atoms with Gasteiger partial charge in [0.05, 0.1) is 32.1 Å². The topological polar surface area (TPSA) is 104 Å². The second-order valence-corrected chi connectivity index (χ2v) is 8.91. The monoisotopic (exact) mass is 525 g/mol. The van der Waals surface area contributed by atoms with Gasteiger partial charge >= 0.3 is 0 Å². The molecule has 1 aliphatic rings. The Kier molecular flexibility index (Phi) is 9.11. The molecule has 1 amide bonds. The van der Waals surface area contributed by atoms with Crippen LogP contribution in [0.3, 0.4) is 0 Å². The maximum atomic E-state index is 13.6.